The largest absolute Gasteiger partial charge is 0.294 e. The van der Waals surface area contributed by atoms with Gasteiger partial charge in [-0.2, -0.15) is 0 Å². The van der Waals surface area contributed by atoms with Crippen molar-refractivity contribution >= 4 is 34.4 Å². The van der Waals surface area contributed by atoms with E-state index in [1.165, 1.54) is 11.8 Å². The minimum atomic E-state index is 0.0242. The van der Waals surface area contributed by atoms with Crippen LogP contribution in [0.4, 0.5) is 0 Å². The SMILES string of the molecule is O=C(Sc1ccc(S[C@@H]2[C@@H](C(=O)c3ccccc3)[C@H]3C=C[C@@H]2C3)cc1)c1ccccc1. The predicted molar refractivity (Wildman–Crippen MR) is 128 cm³/mol. The normalized spacial score (nSPS) is 23.7. The molecule has 0 amide bonds. The van der Waals surface area contributed by atoms with Crippen molar-refractivity contribution in [2.45, 2.75) is 21.5 Å². The van der Waals surface area contributed by atoms with Gasteiger partial charge in [0.15, 0.2) is 5.78 Å². The molecule has 3 aromatic carbocycles. The standard InChI is InChI=1S/C27H22O2S2/c28-25(18-7-3-1-4-8-18)24-20-11-12-21(17-20)26(24)30-22-13-15-23(16-14-22)31-27(29)19-9-5-2-6-10-19/h1-16,20-21,24,26H,17H2/t20-,21+,24+,26-/m0/s1. The number of fused-ring (bicyclic) bond motifs is 2. The summed E-state index contributed by atoms with van der Waals surface area (Å²) >= 11 is 3.05. The molecule has 2 nitrogen and oxygen atoms in total. The highest BCUT2D eigenvalue weighted by molar-refractivity contribution is 8.14. The van der Waals surface area contributed by atoms with Crippen molar-refractivity contribution in [1.82, 2.24) is 0 Å². The first kappa shape index (κ1) is 20.3. The second-order valence-electron chi connectivity index (χ2n) is 8.01. The molecule has 0 aliphatic heterocycles. The summed E-state index contributed by atoms with van der Waals surface area (Å²) in [5.74, 6) is 1.07. The van der Waals surface area contributed by atoms with E-state index in [2.05, 4.69) is 24.3 Å². The van der Waals surface area contributed by atoms with E-state index in [4.69, 9.17) is 0 Å². The molecule has 0 N–H and O–H groups in total. The first-order chi connectivity index (χ1) is 15.2. The Bertz CT molecular complexity index is 1110. The van der Waals surface area contributed by atoms with E-state index in [9.17, 15) is 9.59 Å². The number of hydrogen-bond donors (Lipinski definition) is 0. The smallest absolute Gasteiger partial charge is 0.224 e. The second kappa shape index (κ2) is 8.89. The summed E-state index contributed by atoms with van der Waals surface area (Å²) in [5.41, 5.74) is 1.52. The molecular formula is C27H22O2S2. The lowest BCUT2D eigenvalue weighted by atomic mass is 9.86. The van der Waals surface area contributed by atoms with E-state index >= 15 is 0 Å². The Hall–Kier alpha value is -2.56. The maximum absolute atomic E-state index is 13.3. The molecule has 1 fully saturated rings. The van der Waals surface area contributed by atoms with E-state index in [-0.39, 0.29) is 22.1 Å². The zero-order valence-corrected chi connectivity index (χ0v) is 18.5. The average molecular weight is 443 g/mol. The summed E-state index contributed by atoms with van der Waals surface area (Å²) in [6, 6.07) is 27.2. The van der Waals surface area contributed by atoms with Gasteiger partial charge in [0, 0.05) is 32.1 Å². The van der Waals surface area contributed by atoms with Crippen LogP contribution >= 0.6 is 23.5 Å². The van der Waals surface area contributed by atoms with Gasteiger partial charge in [-0.25, -0.2) is 0 Å². The van der Waals surface area contributed by atoms with Crippen molar-refractivity contribution in [2.75, 3.05) is 0 Å². The molecule has 0 aromatic heterocycles. The highest BCUT2D eigenvalue weighted by atomic mass is 32.2. The number of allylic oxidation sites excluding steroid dienone is 2. The Kier molecular flexibility index (Phi) is 5.84. The summed E-state index contributed by atoms with van der Waals surface area (Å²) in [6.07, 6.45) is 5.60. The minimum Gasteiger partial charge on any atom is -0.294 e. The lowest BCUT2D eigenvalue weighted by Gasteiger charge is -2.26. The number of ketones is 1. The summed E-state index contributed by atoms with van der Waals surface area (Å²) in [5, 5.41) is 0.305. The van der Waals surface area contributed by atoms with Gasteiger partial charge in [-0.3, -0.25) is 9.59 Å². The predicted octanol–water partition coefficient (Wildman–Crippen LogP) is 6.78. The second-order valence-corrected chi connectivity index (χ2v) is 10.3. The quantitative estimate of drug-likeness (QED) is 0.239. The Morgan fingerprint density at radius 3 is 1.94 bits per heavy atom. The number of benzene rings is 3. The van der Waals surface area contributed by atoms with E-state index in [0.717, 1.165) is 21.8 Å². The van der Waals surface area contributed by atoms with Crippen LogP contribution in [0.1, 0.15) is 27.1 Å². The van der Waals surface area contributed by atoms with Crippen LogP contribution in [0.2, 0.25) is 0 Å². The van der Waals surface area contributed by atoms with Gasteiger partial charge in [-0.05, 0) is 54.3 Å². The summed E-state index contributed by atoms with van der Waals surface area (Å²) in [4.78, 5) is 27.8. The van der Waals surface area contributed by atoms with Gasteiger partial charge in [0.05, 0.1) is 0 Å². The van der Waals surface area contributed by atoms with Crippen molar-refractivity contribution in [3.63, 3.8) is 0 Å². The Morgan fingerprint density at radius 2 is 1.26 bits per heavy atom. The van der Waals surface area contributed by atoms with Crippen LogP contribution < -0.4 is 0 Å². The molecule has 4 atom stereocenters. The fourth-order valence-corrected chi connectivity index (χ4v) is 6.76. The molecule has 2 aliphatic carbocycles. The van der Waals surface area contributed by atoms with Gasteiger partial charge in [-0.15, -0.1) is 11.8 Å². The molecule has 2 aliphatic rings. The van der Waals surface area contributed by atoms with Crippen molar-refractivity contribution in [3.05, 3.63) is 108 Å². The Morgan fingerprint density at radius 1 is 0.677 bits per heavy atom. The van der Waals surface area contributed by atoms with Crippen molar-refractivity contribution in [3.8, 4) is 0 Å². The van der Waals surface area contributed by atoms with Gasteiger partial charge >= 0.3 is 0 Å². The van der Waals surface area contributed by atoms with Gasteiger partial charge in [0.1, 0.15) is 0 Å². The van der Waals surface area contributed by atoms with Gasteiger partial charge in [0.2, 0.25) is 5.12 Å². The summed E-state index contributed by atoms with van der Waals surface area (Å²) in [7, 11) is 0. The number of hydrogen-bond acceptors (Lipinski definition) is 4. The van der Waals surface area contributed by atoms with Gasteiger partial charge in [-0.1, -0.05) is 72.8 Å². The average Bonchev–Trinajstić information content (AvgIpc) is 3.43. The number of rotatable bonds is 6. The molecule has 0 saturated heterocycles. The number of carbonyl (C=O) groups excluding carboxylic acids is 2. The van der Waals surface area contributed by atoms with Crippen LogP contribution in [0.5, 0.6) is 0 Å². The molecule has 2 bridgehead atoms. The van der Waals surface area contributed by atoms with Gasteiger partial charge in [0.25, 0.3) is 0 Å². The van der Waals surface area contributed by atoms with Crippen LogP contribution in [0, 0.1) is 17.8 Å². The van der Waals surface area contributed by atoms with E-state index < -0.39 is 0 Å². The van der Waals surface area contributed by atoms with E-state index in [0.29, 0.717) is 17.4 Å². The minimum absolute atomic E-state index is 0.0242. The van der Waals surface area contributed by atoms with Crippen LogP contribution in [-0.4, -0.2) is 16.1 Å². The molecule has 0 spiro atoms. The molecule has 4 heteroatoms. The first-order valence-electron chi connectivity index (χ1n) is 10.5. The van der Waals surface area contributed by atoms with Gasteiger partial charge < -0.3 is 0 Å². The monoisotopic (exact) mass is 442 g/mol. The van der Waals surface area contributed by atoms with Crippen molar-refractivity contribution in [1.29, 1.82) is 0 Å². The molecule has 0 radical (unpaired) electrons. The fourth-order valence-electron chi connectivity index (χ4n) is 4.56. The fraction of sp³-hybridized carbons (Fsp3) is 0.185. The first-order valence-corrected chi connectivity index (χ1v) is 12.2. The highest BCUT2D eigenvalue weighted by Gasteiger charge is 2.48. The highest BCUT2D eigenvalue weighted by Crippen LogP contribution is 2.52. The van der Waals surface area contributed by atoms with Crippen LogP contribution in [0.3, 0.4) is 0 Å². The summed E-state index contributed by atoms with van der Waals surface area (Å²) in [6.45, 7) is 0. The molecule has 0 heterocycles. The van der Waals surface area contributed by atoms with Crippen molar-refractivity contribution in [2.24, 2.45) is 17.8 Å². The maximum atomic E-state index is 13.3. The lowest BCUT2D eigenvalue weighted by molar-refractivity contribution is 0.0905. The third-order valence-electron chi connectivity index (χ3n) is 6.06. The Balaban J connectivity index is 1.29. The van der Waals surface area contributed by atoms with E-state index in [1.54, 1.807) is 11.8 Å². The molecule has 0 unspecified atom stereocenters. The molecular weight excluding hydrogens is 420 g/mol. The maximum Gasteiger partial charge on any atom is 0.224 e. The molecule has 5 rings (SSSR count). The lowest BCUT2D eigenvalue weighted by Crippen LogP contribution is -2.29. The number of thioether (sulfide) groups is 2. The molecule has 1 saturated carbocycles. The van der Waals surface area contributed by atoms with Crippen molar-refractivity contribution < 1.29 is 9.59 Å². The topological polar surface area (TPSA) is 34.1 Å². The van der Waals surface area contributed by atoms with Crippen LogP contribution in [0.15, 0.2) is 107 Å². The third-order valence-corrected chi connectivity index (χ3v) is 8.45. The zero-order valence-electron chi connectivity index (χ0n) is 16.9. The third kappa shape index (κ3) is 4.28. The number of carbonyl (C=O) groups is 2. The van der Waals surface area contributed by atoms with Crippen LogP contribution in [-0.2, 0) is 0 Å². The molecule has 3 aromatic rings. The zero-order chi connectivity index (χ0) is 21.2. The Labute approximate surface area is 191 Å². The number of Topliss-reactive ketones (excluding diaryl/α,β-unsaturated/α-hetero) is 1. The van der Waals surface area contributed by atoms with E-state index in [1.807, 2.05) is 72.8 Å². The molecule has 31 heavy (non-hydrogen) atoms. The summed E-state index contributed by atoms with van der Waals surface area (Å²) < 4.78 is 0. The molecule has 154 valence electrons. The van der Waals surface area contributed by atoms with Crippen LogP contribution in [0.25, 0.3) is 0 Å².